The molecule has 0 atom stereocenters. The number of hydrogen-bond acceptors (Lipinski definition) is 4. The van der Waals surface area contributed by atoms with Gasteiger partial charge in [0.05, 0.1) is 18.8 Å². The molecule has 1 aliphatic rings. The number of piperazine rings is 1. The quantitative estimate of drug-likeness (QED) is 0.856. The topological polar surface area (TPSA) is 62.5 Å². The van der Waals surface area contributed by atoms with Crippen LogP contribution < -0.4 is 5.73 Å². The molecule has 2 N–H and O–H groups in total. The molecule has 19 heavy (non-hydrogen) atoms. The van der Waals surface area contributed by atoms with E-state index in [1.54, 1.807) is 6.20 Å². The summed E-state index contributed by atoms with van der Waals surface area (Å²) in [7, 11) is 0. The SMILES string of the molecule is CC(C)(CN)N1CCN(Cc2ccccn2)C(=O)C1. The second-order valence-electron chi connectivity index (χ2n) is 5.57. The first-order valence-corrected chi connectivity index (χ1v) is 6.66. The zero-order chi connectivity index (χ0) is 13.9. The fourth-order valence-electron chi connectivity index (χ4n) is 2.21. The van der Waals surface area contributed by atoms with Crippen LogP contribution in [-0.2, 0) is 11.3 Å². The van der Waals surface area contributed by atoms with Crippen LogP contribution in [0, 0.1) is 0 Å². The molecule has 104 valence electrons. The molecule has 0 aromatic carbocycles. The molecule has 2 heterocycles. The van der Waals surface area contributed by atoms with E-state index in [2.05, 4.69) is 23.7 Å². The number of nitrogens with zero attached hydrogens (tertiary/aromatic N) is 3. The lowest BCUT2D eigenvalue weighted by Crippen LogP contribution is -2.59. The zero-order valence-electron chi connectivity index (χ0n) is 11.7. The standard InChI is InChI=1S/C14H22N4O/c1-14(2,11-15)18-8-7-17(13(19)10-18)9-12-5-3-4-6-16-12/h3-6H,7-11,15H2,1-2H3. The molecule has 1 aromatic rings. The van der Waals surface area contributed by atoms with E-state index in [9.17, 15) is 4.79 Å². The van der Waals surface area contributed by atoms with Crippen molar-refractivity contribution >= 4 is 5.91 Å². The predicted molar refractivity (Wildman–Crippen MR) is 74.4 cm³/mol. The van der Waals surface area contributed by atoms with E-state index >= 15 is 0 Å². The van der Waals surface area contributed by atoms with Crippen molar-refractivity contribution in [1.82, 2.24) is 14.8 Å². The van der Waals surface area contributed by atoms with Gasteiger partial charge in [-0.3, -0.25) is 14.7 Å². The van der Waals surface area contributed by atoms with E-state index in [-0.39, 0.29) is 11.4 Å². The Labute approximate surface area is 114 Å². The normalized spacial score (nSPS) is 17.8. The minimum atomic E-state index is -0.118. The Kier molecular flexibility index (Phi) is 4.17. The minimum Gasteiger partial charge on any atom is -0.334 e. The highest BCUT2D eigenvalue weighted by Crippen LogP contribution is 2.17. The first-order chi connectivity index (χ1) is 9.03. The van der Waals surface area contributed by atoms with Gasteiger partial charge < -0.3 is 10.6 Å². The van der Waals surface area contributed by atoms with Gasteiger partial charge in [0.25, 0.3) is 0 Å². The highest BCUT2D eigenvalue weighted by Gasteiger charge is 2.32. The van der Waals surface area contributed by atoms with Crippen molar-refractivity contribution in [2.75, 3.05) is 26.2 Å². The molecule has 0 saturated carbocycles. The number of aromatic nitrogens is 1. The van der Waals surface area contributed by atoms with Crippen molar-refractivity contribution in [1.29, 1.82) is 0 Å². The van der Waals surface area contributed by atoms with Crippen LogP contribution in [0.2, 0.25) is 0 Å². The maximum Gasteiger partial charge on any atom is 0.237 e. The van der Waals surface area contributed by atoms with Gasteiger partial charge in [0, 0.05) is 31.4 Å². The molecule has 1 fully saturated rings. The molecular weight excluding hydrogens is 240 g/mol. The van der Waals surface area contributed by atoms with Gasteiger partial charge in [-0.1, -0.05) is 6.07 Å². The number of rotatable bonds is 4. The van der Waals surface area contributed by atoms with Crippen LogP contribution in [0.5, 0.6) is 0 Å². The Bertz CT molecular complexity index is 432. The maximum absolute atomic E-state index is 12.2. The van der Waals surface area contributed by atoms with E-state index in [1.807, 2.05) is 23.1 Å². The predicted octanol–water partition coefficient (Wildman–Crippen LogP) is 0.463. The Morgan fingerprint density at radius 3 is 2.74 bits per heavy atom. The third-order valence-corrected chi connectivity index (χ3v) is 3.75. The summed E-state index contributed by atoms with van der Waals surface area (Å²) in [5, 5.41) is 0. The molecule has 0 aliphatic carbocycles. The third kappa shape index (κ3) is 3.30. The zero-order valence-corrected chi connectivity index (χ0v) is 11.7. The Morgan fingerprint density at radius 2 is 2.16 bits per heavy atom. The average molecular weight is 262 g/mol. The Balaban J connectivity index is 1.96. The molecule has 1 aliphatic heterocycles. The van der Waals surface area contributed by atoms with Gasteiger partial charge in [-0.2, -0.15) is 0 Å². The molecule has 0 radical (unpaired) electrons. The fourth-order valence-corrected chi connectivity index (χ4v) is 2.21. The second-order valence-corrected chi connectivity index (χ2v) is 5.57. The van der Waals surface area contributed by atoms with Crippen molar-refractivity contribution in [3.63, 3.8) is 0 Å². The smallest absolute Gasteiger partial charge is 0.237 e. The summed E-state index contributed by atoms with van der Waals surface area (Å²) < 4.78 is 0. The number of amides is 1. The highest BCUT2D eigenvalue weighted by atomic mass is 16.2. The van der Waals surface area contributed by atoms with Gasteiger partial charge in [-0.15, -0.1) is 0 Å². The number of carbonyl (C=O) groups is 1. The molecule has 5 nitrogen and oxygen atoms in total. The molecule has 1 aromatic heterocycles. The average Bonchev–Trinajstić information content (AvgIpc) is 2.42. The summed E-state index contributed by atoms with van der Waals surface area (Å²) in [6.45, 7) is 7.35. The van der Waals surface area contributed by atoms with Crippen LogP contribution in [0.3, 0.4) is 0 Å². The maximum atomic E-state index is 12.2. The molecular formula is C14H22N4O. The molecule has 2 rings (SSSR count). The summed E-state index contributed by atoms with van der Waals surface area (Å²) in [5.74, 6) is 0.151. The Morgan fingerprint density at radius 1 is 1.37 bits per heavy atom. The number of carbonyl (C=O) groups excluding carboxylic acids is 1. The van der Waals surface area contributed by atoms with E-state index in [1.165, 1.54) is 0 Å². The lowest BCUT2D eigenvalue weighted by Gasteiger charge is -2.42. The summed E-state index contributed by atoms with van der Waals surface area (Å²) in [6.07, 6.45) is 1.76. The van der Waals surface area contributed by atoms with Crippen molar-refractivity contribution in [2.45, 2.75) is 25.9 Å². The van der Waals surface area contributed by atoms with Crippen molar-refractivity contribution < 1.29 is 4.79 Å². The van der Waals surface area contributed by atoms with Crippen LogP contribution in [0.4, 0.5) is 0 Å². The van der Waals surface area contributed by atoms with Gasteiger partial charge in [0.1, 0.15) is 0 Å². The fraction of sp³-hybridized carbons (Fsp3) is 0.571. The summed E-state index contributed by atoms with van der Waals surface area (Å²) >= 11 is 0. The van der Waals surface area contributed by atoms with Gasteiger partial charge >= 0.3 is 0 Å². The molecule has 0 bridgehead atoms. The number of pyridine rings is 1. The first-order valence-electron chi connectivity index (χ1n) is 6.66. The van der Waals surface area contributed by atoms with Crippen molar-refractivity contribution in [3.8, 4) is 0 Å². The molecule has 1 amide bonds. The van der Waals surface area contributed by atoms with Gasteiger partial charge in [0.15, 0.2) is 0 Å². The number of nitrogens with two attached hydrogens (primary N) is 1. The third-order valence-electron chi connectivity index (χ3n) is 3.75. The first kappa shape index (κ1) is 14.0. The number of hydrogen-bond donors (Lipinski definition) is 1. The van der Waals surface area contributed by atoms with Gasteiger partial charge in [0.2, 0.25) is 5.91 Å². The molecule has 0 unspecified atom stereocenters. The van der Waals surface area contributed by atoms with E-state index in [0.29, 0.717) is 19.6 Å². The van der Waals surface area contributed by atoms with Gasteiger partial charge in [-0.25, -0.2) is 0 Å². The highest BCUT2D eigenvalue weighted by molar-refractivity contribution is 5.79. The van der Waals surface area contributed by atoms with E-state index < -0.39 is 0 Å². The van der Waals surface area contributed by atoms with E-state index in [4.69, 9.17) is 5.73 Å². The Hall–Kier alpha value is -1.46. The van der Waals surface area contributed by atoms with Crippen molar-refractivity contribution in [3.05, 3.63) is 30.1 Å². The van der Waals surface area contributed by atoms with Crippen LogP contribution >= 0.6 is 0 Å². The molecule has 5 heteroatoms. The summed E-state index contributed by atoms with van der Waals surface area (Å²) in [6, 6.07) is 5.77. The van der Waals surface area contributed by atoms with Crippen LogP contribution in [0.1, 0.15) is 19.5 Å². The lowest BCUT2D eigenvalue weighted by molar-refractivity contribution is -0.139. The van der Waals surface area contributed by atoms with Crippen LogP contribution in [-0.4, -0.2) is 52.4 Å². The molecule has 0 spiro atoms. The van der Waals surface area contributed by atoms with Crippen LogP contribution in [0.25, 0.3) is 0 Å². The van der Waals surface area contributed by atoms with Crippen molar-refractivity contribution in [2.24, 2.45) is 5.73 Å². The summed E-state index contributed by atoms with van der Waals surface area (Å²) in [4.78, 5) is 20.5. The minimum absolute atomic E-state index is 0.118. The van der Waals surface area contributed by atoms with Crippen LogP contribution in [0.15, 0.2) is 24.4 Å². The molecule has 1 saturated heterocycles. The lowest BCUT2D eigenvalue weighted by atomic mass is 10.0. The second kappa shape index (κ2) is 5.67. The van der Waals surface area contributed by atoms with E-state index in [0.717, 1.165) is 18.8 Å². The monoisotopic (exact) mass is 262 g/mol. The summed E-state index contributed by atoms with van der Waals surface area (Å²) in [5.41, 5.74) is 6.58. The van der Waals surface area contributed by atoms with Gasteiger partial charge in [-0.05, 0) is 26.0 Å². The largest absolute Gasteiger partial charge is 0.334 e.